The number of carbonyl (C=O) groups is 3. The lowest BCUT2D eigenvalue weighted by Gasteiger charge is -2.37. The van der Waals surface area contributed by atoms with Gasteiger partial charge in [0.1, 0.15) is 24.4 Å². The topological polar surface area (TPSA) is 91.4 Å². The number of hydrogen-bond donors (Lipinski definition) is 0. The van der Waals surface area contributed by atoms with Crippen LogP contribution in [0.2, 0.25) is 0 Å². The van der Waals surface area contributed by atoms with Gasteiger partial charge in [0, 0.05) is 24.8 Å². The number of allylic oxidation sites excluding steroid dienone is 2. The van der Waals surface area contributed by atoms with Gasteiger partial charge in [0.05, 0.1) is 11.5 Å². The maximum absolute atomic E-state index is 13.2. The molecule has 0 saturated carbocycles. The van der Waals surface area contributed by atoms with E-state index in [0.717, 1.165) is 18.4 Å². The maximum atomic E-state index is 13.2. The van der Waals surface area contributed by atoms with Gasteiger partial charge in [-0.3, -0.25) is 9.59 Å². The number of ether oxygens (including phenoxy) is 4. The van der Waals surface area contributed by atoms with E-state index >= 15 is 0 Å². The lowest BCUT2D eigenvalue weighted by Crippen LogP contribution is -2.46. The molecule has 7 heteroatoms. The molecule has 7 atom stereocenters. The van der Waals surface area contributed by atoms with E-state index in [0.29, 0.717) is 12.0 Å². The molecule has 0 unspecified atom stereocenters. The smallest absolute Gasteiger partial charge is 0.333 e. The summed E-state index contributed by atoms with van der Waals surface area (Å²) in [5.41, 5.74) is 1.25. The highest BCUT2D eigenvalue weighted by atomic mass is 16.6. The van der Waals surface area contributed by atoms with E-state index in [1.807, 2.05) is 27.7 Å². The Hall–Kier alpha value is -2.15. The predicted molar refractivity (Wildman–Crippen MR) is 129 cm³/mol. The first-order valence-electron chi connectivity index (χ1n) is 12.4. The minimum atomic E-state index is -0.648. The van der Waals surface area contributed by atoms with Gasteiger partial charge in [0.2, 0.25) is 0 Å². The molecule has 0 amide bonds. The van der Waals surface area contributed by atoms with Crippen molar-refractivity contribution in [1.29, 1.82) is 0 Å². The zero-order chi connectivity index (χ0) is 25.8. The molecule has 2 rings (SSSR count). The zero-order valence-corrected chi connectivity index (χ0v) is 22.2. The summed E-state index contributed by atoms with van der Waals surface area (Å²) in [6, 6.07) is 0. The minimum absolute atomic E-state index is 0.0448. The molecule has 0 N–H and O–H groups in total. The van der Waals surface area contributed by atoms with Gasteiger partial charge in [-0.2, -0.15) is 0 Å². The predicted octanol–water partition coefficient (Wildman–Crippen LogP) is 4.92. The van der Waals surface area contributed by atoms with Crippen LogP contribution in [0, 0.1) is 17.8 Å². The number of hydrogen-bond acceptors (Lipinski definition) is 7. The Balaban J connectivity index is 2.42. The summed E-state index contributed by atoms with van der Waals surface area (Å²) in [5, 5.41) is 0. The van der Waals surface area contributed by atoms with Crippen LogP contribution in [0.5, 0.6) is 0 Å². The van der Waals surface area contributed by atoms with Gasteiger partial charge in [-0.25, -0.2) is 4.79 Å². The summed E-state index contributed by atoms with van der Waals surface area (Å²) in [7, 11) is 0. The standard InChI is InChI=1S/C27H42O7/c1-10-17(5)25(29)32-21-14-16(4)12-11-13-27(9)24(34-27)23(22(21)15(2)3)33-26(30)18(6)19(7)31-20(8)28/h10,12,15,18-19,21-24H,11,13-14H2,1-9H3/b16-12-,17-10+/t18-,19+,21-,22-,23-,24+,27+/m0/s1. The van der Waals surface area contributed by atoms with Crippen molar-refractivity contribution in [3.05, 3.63) is 23.3 Å². The van der Waals surface area contributed by atoms with Crippen LogP contribution in [-0.4, -0.2) is 47.9 Å². The third-order valence-corrected chi connectivity index (χ3v) is 7.17. The monoisotopic (exact) mass is 478 g/mol. The van der Waals surface area contributed by atoms with Gasteiger partial charge in [0.15, 0.2) is 0 Å². The van der Waals surface area contributed by atoms with E-state index < -0.39 is 41.8 Å². The molecule has 1 fully saturated rings. The van der Waals surface area contributed by atoms with Crippen molar-refractivity contribution in [2.45, 2.75) is 112 Å². The average Bonchev–Trinajstić information content (AvgIpc) is 3.41. The number of carbonyl (C=O) groups excluding carboxylic acids is 3. The molecule has 34 heavy (non-hydrogen) atoms. The molecule has 1 heterocycles. The van der Waals surface area contributed by atoms with E-state index in [2.05, 4.69) is 6.08 Å². The van der Waals surface area contributed by atoms with Crippen molar-refractivity contribution >= 4 is 17.9 Å². The Labute approximate surface area is 204 Å². The molecule has 1 saturated heterocycles. The van der Waals surface area contributed by atoms with Gasteiger partial charge in [-0.05, 0) is 60.3 Å². The second kappa shape index (κ2) is 11.5. The number of rotatable bonds is 7. The number of epoxide rings is 1. The summed E-state index contributed by atoms with van der Waals surface area (Å²) in [6.45, 7) is 16.4. The van der Waals surface area contributed by atoms with Crippen LogP contribution in [-0.2, 0) is 33.3 Å². The van der Waals surface area contributed by atoms with Gasteiger partial charge >= 0.3 is 17.9 Å². The molecule has 0 aromatic rings. The molecular weight excluding hydrogens is 436 g/mol. The van der Waals surface area contributed by atoms with Crippen molar-refractivity contribution < 1.29 is 33.3 Å². The summed E-state index contributed by atoms with van der Waals surface area (Å²) >= 11 is 0. The zero-order valence-electron chi connectivity index (χ0n) is 22.2. The highest BCUT2D eigenvalue weighted by Gasteiger charge is 2.60. The summed E-state index contributed by atoms with van der Waals surface area (Å²) in [5.74, 6) is -2.15. The van der Waals surface area contributed by atoms with Crippen LogP contribution < -0.4 is 0 Å². The number of fused-ring (bicyclic) bond motifs is 1. The molecule has 0 aromatic carbocycles. The first kappa shape index (κ1) is 28.1. The van der Waals surface area contributed by atoms with Crippen LogP contribution >= 0.6 is 0 Å². The molecule has 1 aliphatic heterocycles. The molecular formula is C27H42O7. The molecule has 2 aliphatic rings. The number of esters is 3. The Morgan fingerprint density at radius 2 is 1.79 bits per heavy atom. The molecule has 0 radical (unpaired) electrons. The second-order valence-corrected chi connectivity index (χ2v) is 10.4. The third kappa shape index (κ3) is 6.94. The molecule has 7 nitrogen and oxygen atoms in total. The fraction of sp³-hybridized carbons (Fsp3) is 0.741. The largest absolute Gasteiger partial charge is 0.462 e. The average molecular weight is 479 g/mol. The SMILES string of the molecule is C/C=C(\C)C(=O)O[C@H]1C/C(C)=C\CC[C@@]2(C)O[C@@H]2[C@@H](OC(=O)[C@@H](C)[C@@H](C)OC(C)=O)[C@H]1C(C)C. The molecule has 0 bridgehead atoms. The first-order valence-corrected chi connectivity index (χ1v) is 12.4. The van der Waals surface area contributed by atoms with Crippen molar-refractivity contribution in [3.63, 3.8) is 0 Å². The van der Waals surface area contributed by atoms with Crippen molar-refractivity contribution in [2.24, 2.45) is 17.8 Å². The maximum Gasteiger partial charge on any atom is 0.333 e. The normalized spacial score (nSPS) is 33.0. The van der Waals surface area contributed by atoms with Crippen molar-refractivity contribution in [1.82, 2.24) is 0 Å². The van der Waals surface area contributed by atoms with E-state index in [4.69, 9.17) is 18.9 Å². The summed E-state index contributed by atoms with van der Waals surface area (Å²) < 4.78 is 23.5. The van der Waals surface area contributed by atoms with Crippen LogP contribution in [0.15, 0.2) is 23.3 Å². The Bertz CT molecular complexity index is 827. The first-order chi connectivity index (χ1) is 15.8. The molecule has 192 valence electrons. The second-order valence-electron chi connectivity index (χ2n) is 10.4. The third-order valence-electron chi connectivity index (χ3n) is 7.17. The Morgan fingerprint density at radius 1 is 1.15 bits per heavy atom. The quantitative estimate of drug-likeness (QED) is 0.169. The molecule has 0 aromatic heterocycles. The highest BCUT2D eigenvalue weighted by molar-refractivity contribution is 5.87. The van der Waals surface area contributed by atoms with Gasteiger partial charge in [-0.15, -0.1) is 0 Å². The van der Waals surface area contributed by atoms with E-state index in [1.54, 1.807) is 33.8 Å². The van der Waals surface area contributed by atoms with Gasteiger partial charge in [0.25, 0.3) is 0 Å². The summed E-state index contributed by atoms with van der Waals surface area (Å²) in [4.78, 5) is 37.3. The van der Waals surface area contributed by atoms with E-state index in [1.165, 1.54) is 6.92 Å². The fourth-order valence-electron chi connectivity index (χ4n) is 4.64. The highest BCUT2D eigenvalue weighted by Crippen LogP contribution is 2.48. The van der Waals surface area contributed by atoms with Crippen molar-refractivity contribution in [3.8, 4) is 0 Å². The van der Waals surface area contributed by atoms with Gasteiger partial charge in [-0.1, -0.05) is 31.6 Å². The van der Waals surface area contributed by atoms with Gasteiger partial charge < -0.3 is 18.9 Å². The summed E-state index contributed by atoms with van der Waals surface area (Å²) in [6.07, 6.45) is 4.12. The minimum Gasteiger partial charge on any atom is -0.462 e. The Morgan fingerprint density at radius 3 is 2.35 bits per heavy atom. The van der Waals surface area contributed by atoms with E-state index in [-0.39, 0.29) is 23.9 Å². The lowest BCUT2D eigenvalue weighted by molar-refractivity contribution is -0.172. The van der Waals surface area contributed by atoms with Crippen LogP contribution in [0.3, 0.4) is 0 Å². The van der Waals surface area contributed by atoms with Crippen LogP contribution in [0.25, 0.3) is 0 Å². The molecule has 1 aliphatic carbocycles. The van der Waals surface area contributed by atoms with E-state index in [9.17, 15) is 14.4 Å². The van der Waals surface area contributed by atoms with Crippen LogP contribution in [0.4, 0.5) is 0 Å². The lowest BCUT2D eigenvalue weighted by atomic mass is 9.78. The fourth-order valence-corrected chi connectivity index (χ4v) is 4.64. The van der Waals surface area contributed by atoms with Crippen molar-refractivity contribution in [2.75, 3.05) is 0 Å². The molecule has 0 spiro atoms. The van der Waals surface area contributed by atoms with Crippen LogP contribution in [0.1, 0.15) is 81.6 Å². The Kier molecular flexibility index (Phi) is 9.52.